The van der Waals surface area contributed by atoms with Gasteiger partial charge in [0.05, 0.1) is 11.4 Å². The van der Waals surface area contributed by atoms with Crippen LogP contribution in [0, 0.1) is 11.8 Å². The van der Waals surface area contributed by atoms with Crippen LogP contribution < -0.4 is 10.2 Å². The molecule has 4 rings (SSSR count). The van der Waals surface area contributed by atoms with Crippen molar-refractivity contribution in [2.75, 3.05) is 10.2 Å². The highest BCUT2D eigenvalue weighted by Crippen LogP contribution is 2.32. The fourth-order valence-corrected chi connectivity index (χ4v) is 3.90. The number of unbranched alkanes of at least 4 members (excludes halogenated alkanes) is 2. The van der Waals surface area contributed by atoms with Gasteiger partial charge in [-0.15, -0.1) is 0 Å². The van der Waals surface area contributed by atoms with Crippen LogP contribution in [-0.2, 0) is 17.8 Å². The molecular formula is C28H28N2O. The van der Waals surface area contributed by atoms with Crippen molar-refractivity contribution in [1.82, 2.24) is 0 Å². The molecule has 3 aromatic carbocycles. The summed E-state index contributed by atoms with van der Waals surface area (Å²) in [4.78, 5) is 15.0. The van der Waals surface area contributed by atoms with Gasteiger partial charge >= 0.3 is 0 Å². The molecule has 0 spiro atoms. The standard InChI is InChI=1S/C28H28N2O/c1-2-3-5-10-22-15-17-23(18-16-22)19-20-27-28(31)29-25-13-8-9-14-26(25)30(27)21-24-11-6-4-7-12-24/h4,6-9,11-18,27H,2-3,5,10,21H2,1H3,(H,29,31)/t27-/m1/s1. The molecule has 3 aromatic rings. The molecule has 1 amide bonds. The lowest BCUT2D eigenvalue weighted by molar-refractivity contribution is -0.116. The second kappa shape index (κ2) is 10.00. The van der Waals surface area contributed by atoms with E-state index in [0.717, 1.165) is 28.9 Å². The van der Waals surface area contributed by atoms with Crippen LogP contribution in [0.25, 0.3) is 0 Å². The fraction of sp³-hybridized carbons (Fsp3) is 0.250. The number of carbonyl (C=O) groups is 1. The summed E-state index contributed by atoms with van der Waals surface area (Å²) in [5, 5.41) is 3.02. The van der Waals surface area contributed by atoms with Crippen LogP contribution in [0.2, 0.25) is 0 Å². The number of rotatable bonds is 6. The number of carbonyl (C=O) groups excluding carboxylic acids is 1. The van der Waals surface area contributed by atoms with Crippen molar-refractivity contribution in [3.63, 3.8) is 0 Å². The minimum Gasteiger partial charge on any atom is -0.344 e. The number of hydrogen-bond donors (Lipinski definition) is 1. The summed E-state index contributed by atoms with van der Waals surface area (Å²) in [7, 11) is 0. The van der Waals surface area contributed by atoms with E-state index >= 15 is 0 Å². The van der Waals surface area contributed by atoms with E-state index in [2.05, 4.69) is 65.4 Å². The van der Waals surface area contributed by atoms with Crippen LogP contribution in [0.5, 0.6) is 0 Å². The minimum absolute atomic E-state index is 0.0849. The van der Waals surface area contributed by atoms with E-state index in [0.29, 0.717) is 6.54 Å². The normalized spacial score (nSPS) is 14.9. The van der Waals surface area contributed by atoms with Gasteiger partial charge in [0, 0.05) is 12.1 Å². The largest absolute Gasteiger partial charge is 0.344 e. The van der Waals surface area contributed by atoms with Crippen LogP contribution in [0.15, 0.2) is 78.9 Å². The third kappa shape index (κ3) is 5.16. The number of amides is 1. The van der Waals surface area contributed by atoms with Gasteiger partial charge in [-0.25, -0.2) is 0 Å². The second-order valence-electron chi connectivity index (χ2n) is 7.95. The van der Waals surface area contributed by atoms with Crippen LogP contribution in [0.3, 0.4) is 0 Å². The summed E-state index contributed by atoms with van der Waals surface area (Å²) in [6.07, 6.45) is 4.82. The molecule has 0 fully saturated rings. The molecule has 0 aromatic heterocycles. The Bertz CT molecular complexity index is 1080. The Morgan fingerprint density at radius 1 is 0.871 bits per heavy atom. The van der Waals surface area contributed by atoms with Gasteiger partial charge in [-0.1, -0.05) is 86.2 Å². The summed E-state index contributed by atoms with van der Waals surface area (Å²) in [5.41, 5.74) is 5.25. The highest BCUT2D eigenvalue weighted by molar-refractivity contribution is 6.05. The summed E-state index contributed by atoms with van der Waals surface area (Å²) in [5.74, 6) is 6.38. The van der Waals surface area contributed by atoms with E-state index in [1.54, 1.807) is 0 Å². The molecule has 0 saturated carbocycles. The number of nitrogens with one attached hydrogen (secondary N) is 1. The average molecular weight is 409 g/mol. The van der Waals surface area contributed by atoms with E-state index in [1.807, 2.05) is 42.5 Å². The van der Waals surface area contributed by atoms with Crippen LogP contribution in [-0.4, -0.2) is 11.9 Å². The molecule has 0 saturated heterocycles. The fourth-order valence-electron chi connectivity index (χ4n) is 3.90. The molecule has 0 aliphatic carbocycles. The average Bonchev–Trinajstić information content (AvgIpc) is 2.80. The molecule has 0 bridgehead atoms. The smallest absolute Gasteiger partial charge is 0.259 e. The molecule has 156 valence electrons. The summed E-state index contributed by atoms with van der Waals surface area (Å²) >= 11 is 0. The lowest BCUT2D eigenvalue weighted by atomic mass is 10.0. The number of hydrogen-bond acceptors (Lipinski definition) is 2. The lowest BCUT2D eigenvalue weighted by Crippen LogP contribution is -2.46. The maximum absolute atomic E-state index is 12.9. The molecule has 0 unspecified atom stereocenters. The highest BCUT2D eigenvalue weighted by Gasteiger charge is 2.31. The van der Waals surface area contributed by atoms with Gasteiger partial charge in [0.1, 0.15) is 0 Å². The van der Waals surface area contributed by atoms with Crippen molar-refractivity contribution in [1.29, 1.82) is 0 Å². The molecule has 0 radical (unpaired) electrons. The second-order valence-corrected chi connectivity index (χ2v) is 7.95. The predicted molar refractivity (Wildman–Crippen MR) is 128 cm³/mol. The first kappa shape index (κ1) is 20.8. The first-order valence-corrected chi connectivity index (χ1v) is 11.1. The number of nitrogens with zero attached hydrogens (tertiary/aromatic N) is 1. The van der Waals surface area contributed by atoms with Crippen LogP contribution >= 0.6 is 0 Å². The van der Waals surface area contributed by atoms with Crippen LogP contribution in [0.1, 0.15) is 42.9 Å². The van der Waals surface area contributed by atoms with E-state index in [-0.39, 0.29) is 5.91 Å². The third-order valence-corrected chi connectivity index (χ3v) is 5.60. The molecule has 1 N–H and O–H groups in total. The van der Waals surface area contributed by atoms with E-state index in [4.69, 9.17) is 0 Å². The van der Waals surface area contributed by atoms with Crippen LogP contribution in [0.4, 0.5) is 11.4 Å². The quantitative estimate of drug-likeness (QED) is 0.413. The number of benzene rings is 3. The van der Waals surface area contributed by atoms with Crippen molar-refractivity contribution < 1.29 is 4.79 Å². The highest BCUT2D eigenvalue weighted by atomic mass is 16.2. The zero-order valence-electron chi connectivity index (χ0n) is 18.0. The summed E-state index contributed by atoms with van der Waals surface area (Å²) in [6.45, 7) is 2.85. The Morgan fingerprint density at radius 3 is 2.39 bits per heavy atom. The minimum atomic E-state index is -0.542. The van der Waals surface area contributed by atoms with Crippen molar-refractivity contribution in [3.8, 4) is 11.8 Å². The first-order chi connectivity index (χ1) is 15.2. The van der Waals surface area contributed by atoms with E-state index in [9.17, 15) is 4.79 Å². The van der Waals surface area contributed by atoms with Gasteiger partial charge in [-0.2, -0.15) is 0 Å². The number of para-hydroxylation sites is 2. The summed E-state index contributed by atoms with van der Waals surface area (Å²) in [6, 6.07) is 26.0. The Kier molecular flexibility index (Phi) is 6.69. The SMILES string of the molecule is CCCCCc1ccc(C#C[C@@H]2C(=O)Nc3ccccc3N2Cc2ccccc2)cc1. The Balaban J connectivity index is 1.58. The molecule has 31 heavy (non-hydrogen) atoms. The van der Waals surface area contributed by atoms with Crippen molar-refractivity contribution in [2.24, 2.45) is 0 Å². The van der Waals surface area contributed by atoms with Gasteiger partial charge in [0.25, 0.3) is 5.91 Å². The Hall–Kier alpha value is -3.51. The maximum atomic E-state index is 12.9. The number of anilines is 2. The lowest BCUT2D eigenvalue weighted by Gasteiger charge is -2.35. The van der Waals surface area contributed by atoms with E-state index < -0.39 is 6.04 Å². The van der Waals surface area contributed by atoms with Crippen molar-refractivity contribution in [2.45, 2.75) is 45.2 Å². The molecular weight excluding hydrogens is 380 g/mol. The van der Waals surface area contributed by atoms with Gasteiger partial charge in [0.2, 0.25) is 0 Å². The van der Waals surface area contributed by atoms with E-state index in [1.165, 1.54) is 24.8 Å². The van der Waals surface area contributed by atoms with Gasteiger partial charge in [-0.05, 0) is 48.2 Å². The van der Waals surface area contributed by atoms with Crippen molar-refractivity contribution >= 4 is 17.3 Å². The predicted octanol–water partition coefficient (Wildman–Crippen LogP) is 5.80. The van der Waals surface area contributed by atoms with Gasteiger partial charge in [0.15, 0.2) is 6.04 Å². The zero-order valence-corrected chi connectivity index (χ0v) is 18.0. The molecule has 3 nitrogen and oxygen atoms in total. The molecule has 1 atom stereocenters. The third-order valence-electron chi connectivity index (χ3n) is 5.60. The summed E-state index contributed by atoms with van der Waals surface area (Å²) < 4.78 is 0. The van der Waals surface area contributed by atoms with Crippen molar-refractivity contribution in [3.05, 3.63) is 95.6 Å². The Morgan fingerprint density at radius 2 is 1.61 bits per heavy atom. The molecule has 1 aliphatic heterocycles. The number of fused-ring (bicyclic) bond motifs is 1. The van der Waals surface area contributed by atoms with Gasteiger partial charge in [-0.3, -0.25) is 4.79 Å². The molecule has 3 heteroatoms. The van der Waals surface area contributed by atoms with Gasteiger partial charge < -0.3 is 10.2 Å². The molecule has 1 heterocycles. The zero-order chi connectivity index (χ0) is 21.5. The maximum Gasteiger partial charge on any atom is 0.259 e. The topological polar surface area (TPSA) is 32.3 Å². The monoisotopic (exact) mass is 408 g/mol. The number of aryl methyl sites for hydroxylation is 1. The first-order valence-electron chi connectivity index (χ1n) is 11.1. The molecule has 1 aliphatic rings. The Labute approximate surface area is 185 Å².